The van der Waals surface area contributed by atoms with Crippen molar-refractivity contribution in [2.24, 2.45) is 0 Å². The van der Waals surface area contributed by atoms with Crippen LogP contribution in [0.2, 0.25) is 0 Å². The fourth-order valence-corrected chi connectivity index (χ4v) is 2.82. The second kappa shape index (κ2) is 5.76. The third-order valence-corrected chi connectivity index (χ3v) is 3.94. The van der Waals surface area contributed by atoms with E-state index in [0.717, 1.165) is 29.2 Å². The zero-order valence-corrected chi connectivity index (χ0v) is 13.2. The van der Waals surface area contributed by atoms with Crippen LogP contribution < -0.4 is 9.64 Å². The van der Waals surface area contributed by atoms with E-state index < -0.39 is 29.7 Å². The van der Waals surface area contributed by atoms with Crippen LogP contribution >= 0.6 is 0 Å². The monoisotopic (exact) mass is 376 g/mol. The van der Waals surface area contributed by atoms with Gasteiger partial charge in [0.05, 0.1) is 16.8 Å². The average molecular weight is 376 g/mol. The van der Waals surface area contributed by atoms with Gasteiger partial charge in [0, 0.05) is 5.39 Å². The van der Waals surface area contributed by atoms with E-state index >= 15 is 0 Å². The largest absolute Gasteiger partial charge is 0.573 e. The number of pyridine rings is 1. The normalized spacial score (nSPS) is 14.0. The minimum atomic E-state index is -4.85. The molecule has 2 aromatic carbocycles. The molecule has 136 valence electrons. The third-order valence-electron chi connectivity index (χ3n) is 3.94. The van der Waals surface area contributed by atoms with Crippen LogP contribution in [0.4, 0.5) is 23.2 Å². The maximum Gasteiger partial charge on any atom is 0.573 e. The van der Waals surface area contributed by atoms with Gasteiger partial charge in [-0.25, -0.2) is 14.3 Å². The predicted molar refractivity (Wildman–Crippen MR) is 86.0 cm³/mol. The predicted octanol–water partition coefficient (Wildman–Crippen LogP) is 4.07. The highest BCUT2D eigenvalue weighted by atomic mass is 19.4. The number of hydrogen-bond donors (Lipinski definition) is 0. The first-order chi connectivity index (χ1) is 12.7. The second-order valence-corrected chi connectivity index (χ2v) is 5.71. The number of alkyl halides is 3. The highest BCUT2D eigenvalue weighted by Gasteiger charge is 2.38. The van der Waals surface area contributed by atoms with Gasteiger partial charge in [0.1, 0.15) is 17.3 Å². The highest BCUT2D eigenvalue weighted by molar-refractivity contribution is 6.34. The molecule has 5 nitrogen and oxygen atoms in total. The summed E-state index contributed by atoms with van der Waals surface area (Å²) in [5.41, 5.74) is 0.295. The third kappa shape index (κ3) is 2.97. The van der Waals surface area contributed by atoms with Crippen molar-refractivity contribution in [2.75, 3.05) is 4.90 Å². The van der Waals surface area contributed by atoms with Crippen LogP contribution in [-0.4, -0.2) is 23.2 Å². The Morgan fingerprint density at radius 1 is 0.926 bits per heavy atom. The zero-order chi connectivity index (χ0) is 19.3. The van der Waals surface area contributed by atoms with E-state index in [0.29, 0.717) is 10.9 Å². The maximum absolute atomic E-state index is 13.4. The van der Waals surface area contributed by atoms with E-state index in [1.54, 1.807) is 0 Å². The number of halogens is 4. The number of benzene rings is 2. The van der Waals surface area contributed by atoms with Crippen molar-refractivity contribution in [3.8, 4) is 5.75 Å². The number of amides is 2. The first-order valence-electron chi connectivity index (χ1n) is 7.58. The topological polar surface area (TPSA) is 59.5 Å². The Balaban J connectivity index is 1.71. The molecule has 0 spiro atoms. The van der Waals surface area contributed by atoms with E-state index in [1.165, 1.54) is 24.3 Å². The standard InChI is InChI=1S/C18H8F4N2O3/c19-10-1-6-14-9(7-10)8-13-15(23-14)17(26)24(16(13)25)11-2-4-12(5-3-11)27-18(20,21)22/h1-8H. The molecule has 0 atom stereocenters. The maximum atomic E-state index is 13.4. The first kappa shape index (κ1) is 17.0. The lowest BCUT2D eigenvalue weighted by Crippen LogP contribution is -2.29. The number of rotatable bonds is 2. The SMILES string of the molecule is O=C1c2cc3cc(F)ccc3nc2C(=O)N1c1ccc(OC(F)(F)F)cc1. The molecule has 0 saturated carbocycles. The summed E-state index contributed by atoms with van der Waals surface area (Å²) in [6.07, 6.45) is -4.85. The summed E-state index contributed by atoms with van der Waals surface area (Å²) < 4.78 is 53.8. The first-order valence-corrected chi connectivity index (χ1v) is 7.58. The number of carbonyl (C=O) groups excluding carboxylic acids is 2. The molecule has 0 aliphatic carbocycles. The van der Waals surface area contributed by atoms with Crippen LogP contribution in [0.3, 0.4) is 0 Å². The lowest BCUT2D eigenvalue weighted by Gasteiger charge is -2.14. The van der Waals surface area contributed by atoms with Gasteiger partial charge in [0.25, 0.3) is 11.8 Å². The van der Waals surface area contributed by atoms with Crippen LogP contribution in [0.25, 0.3) is 10.9 Å². The minimum Gasteiger partial charge on any atom is -0.406 e. The summed E-state index contributed by atoms with van der Waals surface area (Å²) in [6.45, 7) is 0. The number of aromatic nitrogens is 1. The molecule has 4 rings (SSSR count). The summed E-state index contributed by atoms with van der Waals surface area (Å²) in [6, 6.07) is 9.41. The fraction of sp³-hybridized carbons (Fsp3) is 0.0556. The highest BCUT2D eigenvalue weighted by Crippen LogP contribution is 2.31. The molecule has 1 aliphatic rings. The van der Waals surface area contributed by atoms with Gasteiger partial charge in [-0.2, -0.15) is 0 Å². The number of imide groups is 1. The van der Waals surface area contributed by atoms with Crippen LogP contribution in [0.5, 0.6) is 5.75 Å². The van der Waals surface area contributed by atoms with Gasteiger partial charge in [-0.1, -0.05) is 0 Å². The van der Waals surface area contributed by atoms with Gasteiger partial charge < -0.3 is 4.74 Å². The smallest absolute Gasteiger partial charge is 0.406 e. The van der Waals surface area contributed by atoms with Crippen molar-refractivity contribution >= 4 is 28.4 Å². The Hall–Kier alpha value is -3.49. The molecule has 1 aliphatic heterocycles. The van der Waals surface area contributed by atoms with E-state index in [4.69, 9.17) is 0 Å². The Morgan fingerprint density at radius 2 is 1.63 bits per heavy atom. The van der Waals surface area contributed by atoms with E-state index in [9.17, 15) is 27.2 Å². The number of ether oxygens (including phenoxy) is 1. The number of nitrogens with zero attached hydrogens (tertiary/aromatic N) is 2. The van der Waals surface area contributed by atoms with E-state index in [2.05, 4.69) is 9.72 Å². The fourth-order valence-electron chi connectivity index (χ4n) is 2.82. The number of fused-ring (bicyclic) bond motifs is 2. The van der Waals surface area contributed by atoms with E-state index in [1.807, 2.05) is 0 Å². The molecule has 2 amide bonds. The Kier molecular flexibility index (Phi) is 3.62. The zero-order valence-electron chi connectivity index (χ0n) is 13.2. The second-order valence-electron chi connectivity index (χ2n) is 5.71. The van der Waals surface area contributed by atoms with Gasteiger partial charge >= 0.3 is 6.36 Å². The molecule has 2 heterocycles. The Morgan fingerprint density at radius 3 is 2.30 bits per heavy atom. The number of hydrogen-bond acceptors (Lipinski definition) is 4. The van der Waals surface area contributed by atoms with Crippen LogP contribution in [0, 0.1) is 5.82 Å². The van der Waals surface area contributed by atoms with Crippen molar-refractivity contribution in [3.05, 3.63) is 65.6 Å². The van der Waals surface area contributed by atoms with Crippen molar-refractivity contribution in [3.63, 3.8) is 0 Å². The lowest BCUT2D eigenvalue weighted by molar-refractivity contribution is -0.274. The van der Waals surface area contributed by atoms with Gasteiger partial charge in [-0.05, 0) is 48.5 Å². The minimum absolute atomic E-state index is 0.00582. The van der Waals surface area contributed by atoms with Gasteiger partial charge in [-0.15, -0.1) is 13.2 Å². The van der Waals surface area contributed by atoms with Gasteiger partial charge in [-0.3, -0.25) is 9.59 Å². The molecule has 0 saturated heterocycles. The molecule has 0 bridgehead atoms. The quantitative estimate of drug-likeness (QED) is 0.500. The summed E-state index contributed by atoms with van der Waals surface area (Å²) in [7, 11) is 0. The molecule has 27 heavy (non-hydrogen) atoms. The van der Waals surface area contributed by atoms with Crippen molar-refractivity contribution in [1.82, 2.24) is 4.98 Å². The van der Waals surface area contributed by atoms with Crippen LogP contribution in [-0.2, 0) is 0 Å². The van der Waals surface area contributed by atoms with Crippen molar-refractivity contribution < 1.29 is 31.9 Å². The van der Waals surface area contributed by atoms with Crippen molar-refractivity contribution in [1.29, 1.82) is 0 Å². The Labute approximate surface area is 148 Å². The average Bonchev–Trinajstić information content (AvgIpc) is 2.83. The summed E-state index contributed by atoms with van der Waals surface area (Å²) in [5, 5.41) is 0.352. The van der Waals surface area contributed by atoms with Gasteiger partial charge in [0.2, 0.25) is 0 Å². The Bertz CT molecular complexity index is 1090. The van der Waals surface area contributed by atoms with Crippen LogP contribution in [0.15, 0.2) is 48.5 Å². The molecule has 3 aromatic rings. The van der Waals surface area contributed by atoms with E-state index in [-0.39, 0.29) is 16.9 Å². The molecule has 9 heteroatoms. The summed E-state index contributed by atoms with van der Waals surface area (Å²) in [4.78, 5) is 30.1. The summed E-state index contributed by atoms with van der Waals surface area (Å²) in [5.74, 6) is -2.41. The molecule has 0 fully saturated rings. The number of anilines is 1. The summed E-state index contributed by atoms with van der Waals surface area (Å²) >= 11 is 0. The van der Waals surface area contributed by atoms with Crippen LogP contribution in [0.1, 0.15) is 20.8 Å². The van der Waals surface area contributed by atoms with Crippen molar-refractivity contribution in [2.45, 2.75) is 6.36 Å². The molecule has 0 radical (unpaired) electrons. The molecule has 0 N–H and O–H groups in total. The number of carbonyl (C=O) groups is 2. The molecule has 0 unspecified atom stereocenters. The molecular weight excluding hydrogens is 368 g/mol. The molecule has 1 aromatic heterocycles. The van der Waals surface area contributed by atoms with Gasteiger partial charge in [0.15, 0.2) is 0 Å². The lowest BCUT2D eigenvalue weighted by atomic mass is 10.1. The molecular formula is C18H8F4N2O3.